The zero-order valence-electron chi connectivity index (χ0n) is 13.2. The van der Waals surface area contributed by atoms with Gasteiger partial charge in [0.15, 0.2) is 0 Å². The summed E-state index contributed by atoms with van der Waals surface area (Å²) >= 11 is 1.63. The van der Waals surface area contributed by atoms with Crippen LogP contribution in [-0.2, 0) is 17.1 Å². The summed E-state index contributed by atoms with van der Waals surface area (Å²) in [6, 6.07) is 15.3. The van der Waals surface area contributed by atoms with Gasteiger partial charge in [0.1, 0.15) is 18.9 Å². The number of hydrogen-bond acceptors (Lipinski definition) is 6. The summed E-state index contributed by atoms with van der Waals surface area (Å²) in [6.45, 7) is 0.00158. The first-order valence-corrected chi connectivity index (χ1v) is 8.43. The molecule has 1 amide bonds. The highest BCUT2D eigenvalue weighted by atomic mass is 32.2. The Kier molecular flexibility index (Phi) is 5.39. The molecule has 25 heavy (non-hydrogen) atoms. The second-order valence-electron chi connectivity index (χ2n) is 5.08. The van der Waals surface area contributed by atoms with Crippen molar-refractivity contribution in [2.24, 2.45) is 0 Å². The first-order chi connectivity index (χ1) is 12.2. The number of nitrogens with zero attached hydrogens (tertiary/aromatic N) is 5. The Balaban J connectivity index is 1.57. The Morgan fingerprint density at radius 1 is 1.24 bits per heavy atom. The first kappa shape index (κ1) is 16.7. The predicted octanol–water partition coefficient (Wildman–Crippen LogP) is 2.48. The monoisotopic (exact) mass is 350 g/mol. The lowest BCUT2D eigenvalue weighted by atomic mass is 10.2. The summed E-state index contributed by atoms with van der Waals surface area (Å²) < 4.78 is 1.33. The molecule has 0 aliphatic heterocycles. The first-order valence-electron chi connectivity index (χ1n) is 7.45. The Hall–Kier alpha value is -3.18. The van der Waals surface area contributed by atoms with Crippen molar-refractivity contribution in [2.75, 3.05) is 5.32 Å². The minimum absolute atomic E-state index is 0.00158. The summed E-state index contributed by atoms with van der Waals surface area (Å²) in [5.41, 5.74) is 1.80. The van der Waals surface area contributed by atoms with E-state index in [-0.39, 0.29) is 18.3 Å². The van der Waals surface area contributed by atoms with Gasteiger partial charge in [0, 0.05) is 17.6 Å². The fourth-order valence-electron chi connectivity index (χ4n) is 2.10. The van der Waals surface area contributed by atoms with E-state index in [1.807, 2.05) is 48.5 Å². The van der Waals surface area contributed by atoms with Crippen LogP contribution in [0.2, 0.25) is 0 Å². The largest absolute Gasteiger partial charge is 0.324 e. The third-order valence-electron chi connectivity index (χ3n) is 3.18. The van der Waals surface area contributed by atoms with Gasteiger partial charge >= 0.3 is 0 Å². The van der Waals surface area contributed by atoms with Crippen LogP contribution in [0.5, 0.6) is 0 Å². The molecule has 0 bridgehead atoms. The number of carbonyl (C=O) groups excluding carboxylic acids is 1. The molecule has 8 heteroatoms. The van der Waals surface area contributed by atoms with Gasteiger partial charge in [-0.05, 0) is 29.8 Å². The summed E-state index contributed by atoms with van der Waals surface area (Å²) in [4.78, 5) is 20.1. The fraction of sp³-hybridized carbons (Fsp3) is 0.118. The van der Waals surface area contributed by atoms with E-state index in [0.717, 1.165) is 16.3 Å². The summed E-state index contributed by atoms with van der Waals surface area (Å²) in [7, 11) is 0. The van der Waals surface area contributed by atoms with Gasteiger partial charge < -0.3 is 5.32 Å². The molecule has 3 rings (SSSR count). The van der Waals surface area contributed by atoms with Crippen molar-refractivity contribution in [3.05, 3.63) is 66.4 Å². The molecule has 1 aromatic carbocycles. The molecule has 0 radical (unpaired) electrons. The van der Waals surface area contributed by atoms with Crippen molar-refractivity contribution in [2.45, 2.75) is 17.3 Å². The third-order valence-corrected chi connectivity index (χ3v) is 4.19. The molecule has 3 aromatic rings. The van der Waals surface area contributed by atoms with Crippen LogP contribution in [-0.4, -0.2) is 25.7 Å². The summed E-state index contributed by atoms with van der Waals surface area (Å²) in [6.07, 6.45) is 3.12. The minimum atomic E-state index is -0.232. The molecule has 0 unspecified atom stereocenters. The molecule has 0 fully saturated rings. The molecule has 0 saturated heterocycles. The number of hydrogen-bond donors (Lipinski definition) is 1. The van der Waals surface area contributed by atoms with E-state index < -0.39 is 0 Å². The van der Waals surface area contributed by atoms with Crippen molar-refractivity contribution >= 4 is 23.4 Å². The quantitative estimate of drug-likeness (QED) is 0.686. The van der Waals surface area contributed by atoms with Gasteiger partial charge in [0.05, 0.1) is 5.03 Å². The lowest BCUT2D eigenvalue weighted by Gasteiger charge is -2.07. The van der Waals surface area contributed by atoms with Gasteiger partial charge in [-0.25, -0.2) is 14.6 Å². The molecule has 0 spiro atoms. The lowest BCUT2D eigenvalue weighted by Crippen LogP contribution is -2.19. The minimum Gasteiger partial charge on any atom is -0.324 e. The molecular formula is C17H14N6OS. The van der Waals surface area contributed by atoms with E-state index in [0.29, 0.717) is 5.69 Å². The lowest BCUT2D eigenvalue weighted by molar-refractivity contribution is -0.116. The molecular weight excluding hydrogens is 336 g/mol. The number of aromatic nitrogens is 4. The van der Waals surface area contributed by atoms with Crippen LogP contribution in [0.1, 0.15) is 11.4 Å². The molecule has 124 valence electrons. The van der Waals surface area contributed by atoms with Crippen LogP contribution in [0.3, 0.4) is 0 Å². The molecule has 2 aromatic heterocycles. The van der Waals surface area contributed by atoms with Gasteiger partial charge in [0.2, 0.25) is 5.91 Å². The molecule has 0 saturated carbocycles. The molecule has 0 atom stereocenters. The van der Waals surface area contributed by atoms with Crippen molar-refractivity contribution in [1.29, 1.82) is 5.26 Å². The molecule has 2 heterocycles. The van der Waals surface area contributed by atoms with Crippen LogP contribution >= 0.6 is 11.8 Å². The highest BCUT2D eigenvalue weighted by Gasteiger charge is 2.07. The standard InChI is InChI=1S/C17H14N6OS/c18-9-15-20-12-23(22-15)10-16(24)21-14-5-3-4-13(8-14)11-25-17-6-1-2-7-19-17/h1-8,12H,10-11H2,(H,21,24). The van der Waals surface area contributed by atoms with Crippen LogP contribution in [0.25, 0.3) is 0 Å². The van der Waals surface area contributed by atoms with Gasteiger partial charge in [0.25, 0.3) is 5.82 Å². The Labute approximate surface area is 148 Å². The van der Waals surface area contributed by atoms with E-state index in [4.69, 9.17) is 5.26 Å². The maximum Gasteiger partial charge on any atom is 0.252 e. The Morgan fingerprint density at radius 2 is 2.16 bits per heavy atom. The number of pyridine rings is 1. The number of nitriles is 1. The SMILES string of the molecule is N#Cc1ncn(CC(=O)Nc2cccc(CSc3ccccn3)c2)n1. The van der Waals surface area contributed by atoms with E-state index in [2.05, 4.69) is 20.4 Å². The van der Waals surface area contributed by atoms with E-state index in [1.54, 1.807) is 18.0 Å². The van der Waals surface area contributed by atoms with Gasteiger partial charge in [-0.1, -0.05) is 18.2 Å². The van der Waals surface area contributed by atoms with Crippen molar-refractivity contribution < 1.29 is 4.79 Å². The average molecular weight is 350 g/mol. The highest BCUT2D eigenvalue weighted by Crippen LogP contribution is 2.22. The third kappa shape index (κ3) is 4.89. The second-order valence-corrected chi connectivity index (χ2v) is 6.08. The van der Waals surface area contributed by atoms with Crippen molar-refractivity contribution in [3.8, 4) is 6.07 Å². The zero-order valence-corrected chi connectivity index (χ0v) is 14.0. The second kappa shape index (κ2) is 8.08. The number of thioether (sulfide) groups is 1. The topological polar surface area (TPSA) is 96.5 Å². The normalized spacial score (nSPS) is 10.2. The number of amides is 1. The summed E-state index contributed by atoms with van der Waals surface area (Å²) in [5, 5.41) is 16.3. The van der Waals surface area contributed by atoms with Crippen molar-refractivity contribution in [3.63, 3.8) is 0 Å². The Morgan fingerprint density at radius 3 is 2.92 bits per heavy atom. The Bertz CT molecular complexity index is 903. The van der Waals surface area contributed by atoms with E-state index in [9.17, 15) is 4.79 Å². The zero-order chi connectivity index (χ0) is 17.5. The van der Waals surface area contributed by atoms with Crippen LogP contribution in [0, 0.1) is 11.3 Å². The smallest absolute Gasteiger partial charge is 0.252 e. The number of rotatable bonds is 6. The molecule has 1 N–H and O–H groups in total. The maximum atomic E-state index is 12.1. The van der Waals surface area contributed by atoms with Crippen molar-refractivity contribution in [1.82, 2.24) is 19.7 Å². The van der Waals surface area contributed by atoms with Gasteiger partial charge in [-0.2, -0.15) is 5.26 Å². The fourth-order valence-corrected chi connectivity index (χ4v) is 2.90. The van der Waals surface area contributed by atoms with E-state index >= 15 is 0 Å². The average Bonchev–Trinajstić information content (AvgIpc) is 3.08. The molecule has 7 nitrogen and oxygen atoms in total. The molecule has 0 aliphatic rings. The number of anilines is 1. The highest BCUT2D eigenvalue weighted by molar-refractivity contribution is 7.98. The molecule has 0 aliphatic carbocycles. The number of nitrogens with one attached hydrogen (secondary N) is 1. The predicted molar refractivity (Wildman–Crippen MR) is 93.6 cm³/mol. The van der Waals surface area contributed by atoms with Crippen LogP contribution in [0.4, 0.5) is 5.69 Å². The maximum absolute atomic E-state index is 12.1. The van der Waals surface area contributed by atoms with Gasteiger partial charge in [-0.15, -0.1) is 16.9 Å². The summed E-state index contributed by atoms with van der Waals surface area (Å²) in [5.74, 6) is 0.570. The number of benzene rings is 1. The number of carbonyl (C=O) groups is 1. The van der Waals surface area contributed by atoms with Gasteiger partial charge in [-0.3, -0.25) is 4.79 Å². The van der Waals surface area contributed by atoms with Crippen LogP contribution in [0.15, 0.2) is 60.0 Å². The van der Waals surface area contributed by atoms with Crippen LogP contribution < -0.4 is 5.32 Å². The van der Waals surface area contributed by atoms with E-state index in [1.165, 1.54) is 11.0 Å².